The Balaban J connectivity index is 2.15. The zero-order valence-electron chi connectivity index (χ0n) is 11.2. The Morgan fingerprint density at radius 3 is 2.89 bits per heavy atom. The highest BCUT2D eigenvalue weighted by Gasteiger charge is 2.20. The van der Waals surface area contributed by atoms with Crippen molar-refractivity contribution in [2.24, 2.45) is 0 Å². The van der Waals surface area contributed by atoms with E-state index in [0.717, 1.165) is 36.6 Å². The molecule has 0 amide bonds. The number of aliphatic hydroxyl groups is 1. The van der Waals surface area contributed by atoms with Gasteiger partial charge in [0.05, 0.1) is 11.6 Å². The Labute approximate surface area is 114 Å². The monoisotopic (exact) mass is 269 g/mol. The number of nitrogens with one attached hydrogen (secondary N) is 1. The Kier molecular flexibility index (Phi) is 7.23. The van der Waals surface area contributed by atoms with Crippen LogP contribution in [-0.4, -0.2) is 39.5 Å². The molecular formula is C13H23N3OS. The van der Waals surface area contributed by atoms with Crippen molar-refractivity contribution in [1.29, 1.82) is 0 Å². The smallest absolute Gasteiger partial charge is 0.116 e. The number of likely N-dealkylation sites (N-methyl/N-ethyl adjacent to an activating group) is 1. The highest BCUT2D eigenvalue weighted by Crippen LogP contribution is 2.18. The van der Waals surface area contributed by atoms with Crippen molar-refractivity contribution in [3.05, 3.63) is 18.6 Å². The van der Waals surface area contributed by atoms with Gasteiger partial charge in [-0.05, 0) is 38.1 Å². The van der Waals surface area contributed by atoms with Crippen molar-refractivity contribution in [3.63, 3.8) is 0 Å². The minimum absolute atomic E-state index is 0.131. The van der Waals surface area contributed by atoms with Crippen LogP contribution in [0.3, 0.4) is 0 Å². The molecule has 1 aromatic rings. The van der Waals surface area contributed by atoms with Crippen molar-refractivity contribution in [3.8, 4) is 0 Å². The predicted octanol–water partition coefficient (Wildman–Crippen LogP) is 2.10. The second kappa shape index (κ2) is 8.45. The van der Waals surface area contributed by atoms with E-state index in [2.05, 4.69) is 29.1 Å². The van der Waals surface area contributed by atoms with Crippen LogP contribution < -0.4 is 5.32 Å². The summed E-state index contributed by atoms with van der Waals surface area (Å²) in [7, 11) is 0. The van der Waals surface area contributed by atoms with Gasteiger partial charge in [0.2, 0.25) is 0 Å². The molecule has 102 valence electrons. The molecule has 0 fully saturated rings. The predicted molar refractivity (Wildman–Crippen MR) is 75.8 cm³/mol. The summed E-state index contributed by atoms with van der Waals surface area (Å²) >= 11 is 1.76. The van der Waals surface area contributed by atoms with Gasteiger partial charge in [-0.1, -0.05) is 13.3 Å². The molecule has 1 unspecified atom stereocenters. The summed E-state index contributed by atoms with van der Waals surface area (Å²) in [5.74, 6) is 1.06. The molecule has 0 saturated heterocycles. The minimum Gasteiger partial charge on any atom is -0.394 e. The van der Waals surface area contributed by atoms with E-state index in [1.807, 2.05) is 6.07 Å². The molecule has 1 heterocycles. The van der Waals surface area contributed by atoms with Crippen molar-refractivity contribution in [2.45, 2.75) is 43.7 Å². The summed E-state index contributed by atoms with van der Waals surface area (Å²) in [6, 6.07) is 1.93. The number of hydrogen-bond donors (Lipinski definition) is 2. The van der Waals surface area contributed by atoms with Crippen LogP contribution in [0, 0.1) is 0 Å². The van der Waals surface area contributed by atoms with E-state index in [4.69, 9.17) is 0 Å². The van der Waals surface area contributed by atoms with Crippen LogP contribution in [0.4, 0.5) is 0 Å². The Morgan fingerprint density at radius 1 is 1.44 bits per heavy atom. The van der Waals surface area contributed by atoms with Gasteiger partial charge in [0, 0.05) is 11.7 Å². The van der Waals surface area contributed by atoms with Gasteiger partial charge < -0.3 is 10.4 Å². The van der Waals surface area contributed by atoms with Crippen LogP contribution >= 0.6 is 11.8 Å². The number of rotatable bonds is 9. The minimum atomic E-state index is -0.131. The average Bonchev–Trinajstić information content (AvgIpc) is 2.40. The van der Waals surface area contributed by atoms with Crippen LogP contribution in [0.2, 0.25) is 0 Å². The van der Waals surface area contributed by atoms with Crippen molar-refractivity contribution in [2.75, 3.05) is 18.9 Å². The first-order valence-electron chi connectivity index (χ1n) is 6.45. The lowest BCUT2D eigenvalue weighted by Crippen LogP contribution is -2.45. The first kappa shape index (κ1) is 15.4. The third kappa shape index (κ3) is 5.80. The molecule has 1 rings (SSSR count). The average molecular weight is 269 g/mol. The molecule has 5 heteroatoms. The highest BCUT2D eigenvalue weighted by atomic mass is 32.2. The van der Waals surface area contributed by atoms with Crippen LogP contribution in [0.15, 0.2) is 23.6 Å². The molecule has 2 N–H and O–H groups in total. The fraction of sp³-hybridized carbons (Fsp3) is 0.692. The molecule has 18 heavy (non-hydrogen) atoms. The van der Waals surface area contributed by atoms with Gasteiger partial charge in [0.1, 0.15) is 6.33 Å². The second-order valence-corrected chi connectivity index (χ2v) is 5.72. The molecule has 0 saturated carbocycles. The fourth-order valence-corrected chi connectivity index (χ4v) is 2.64. The molecule has 0 radical (unpaired) electrons. The SMILES string of the molecule is CCNC(C)(CO)CCCCSc1ccncn1. The molecule has 4 nitrogen and oxygen atoms in total. The lowest BCUT2D eigenvalue weighted by Gasteiger charge is -2.28. The summed E-state index contributed by atoms with van der Waals surface area (Å²) in [5, 5.41) is 13.7. The number of unbranched alkanes of at least 4 members (excludes halogenated alkanes) is 1. The van der Waals surface area contributed by atoms with Crippen LogP contribution in [-0.2, 0) is 0 Å². The zero-order valence-corrected chi connectivity index (χ0v) is 12.0. The van der Waals surface area contributed by atoms with E-state index in [-0.39, 0.29) is 12.1 Å². The van der Waals surface area contributed by atoms with Gasteiger partial charge in [-0.15, -0.1) is 11.8 Å². The van der Waals surface area contributed by atoms with Crippen LogP contribution in [0.5, 0.6) is 0 Å². The van der Waals surface area contributed by atoms with Crippen molar-refractivity contribution in [1.82, 2.24) is 15.3 Å². The zero-order chi connectivity index (χ0) is 13.3. The quantitative estimate of drug-likeness (QED) is 0.408. The molecule has 0 spiro atoms. The number of nitrogens with zero attached hydrogens (tertiary/aromatic N) is 2. The third-order valence-electron chi connectivity index (χ3n) is 2.88. The van der Waals surface area contributed by atoms with Crippen molar-refractivity contribution < 1.29 is 5.11 Å². The first-order valence-corrected chi connectivity index (χ1v) is 7.43. The van der Waals surface area contributed by atoms with E-state index in [0.29, 0.717) is 0 Å². The molecule has 0 aliphatic rings. The Morgan fingerprint density at radius 2 is 2.28 bits per heavy atom. The summed E-state index contributed by atoms with van der Waals surface area (Å²) in [5.41, 5.74) is -0.131. The van der Waals surface area contributed by atoms with E-state index < -0.39 is 0 Å². The maximum Gasteiger partial charge on any atom is 0.116 e. The number of thioether (sulfide) groups is 1. The number of hydrogen-bond acceptors (Lipinski definition) is 5. The molecule has 1 aromatic heterocycles. The van der Waals surface area contributed by atoms with Gasteiger partial charge in [-0.3, -0.25) is 0 Å². The number of aliphatic hydroxyl groups excluding tert-OH is 1. The summed E-state index contributed by atoms with van der Waals surface area (Å²) in [6.45, 7) is 5.24. The Hall–Kier alpha value is -0.650. The molecular weight excluding hydrogens is 246 g/mol. The molecule has 0 bridgehead atoms. The second-order valence-electron chi connectivity index (χ2n) is 4.60. The summed E-state index contributed by atoms with van der Waals surface area (Å²) in [4.78, 5) is 8.06. The maximum atomic E-state index is 9.37. The van der Waals surface area contributed by atoms with Gasteiger partial charge >= 0.3 is 0 Å². The molecule has 1 atom stereocenters. The standard InChI is InChI=1S/C13H23N3OS/c1-3-16-13(2,10-17)7-4-5-9-18-12-6-8-14-11-15-12/h6,8,11,16-17H,3-5,7,9-10H2,1-2H3. The van der Waals surface area contributed by atoms with Crippen LogP contribution in [0.1, 0.15) is 33.1 Å². The molecule has 0 aromatic carbocycles. The van der Waals surface area contributed by atoms with E-state index in [1.54, 1.807) is 24.3 Å². The highest BCUT2D eigenvalue weighted by molar-refractivity contribution is 7.99. The van der Waals surface area contributed by atoms with E-state index in [9.17, 15) is 5.11 Å². The summed E-state index contributed by atoms with van der Waals surface area (Å²) in [6.07, 6.45) is 6.60. The van der Waals surface area contributed by atoms with E-state index >= 15 is 0 Å². The summed E-state index contributed by atoms with van der Waals surface area (Å²) < 4.78 is 0. The van der Waals surface area contributed by atoms with Gasteiger partial charge in [0.25, 0.3) is 0 Å². The van der Waals surface area contributed by atoms with Gasteiger partial charge in [-0.2, -0.15) is 0 Å². The third-order valence-corrected chi connectivity index (χ3v) is 3.91. The van der Waals surface area contributed by atoms with Gasteiger partial charge in [0.15, 0.2) is 0 Å². The molecule has 0 aliphatic carbocycles. The topological polar surface area (TPSA) is 58.0 Å². The maximum absolute atomic E-state index is 9.37. The van der Waals surface area contributed by atoms with Gasteiger partial charge in [-0.25, -0.2) is 9.97 Å². The van der Waals surface area contributed by atoms with Crippen molar-refractivity contribution >= 4 is 11.8 Å². The lowest BCUT2D eigenvalue weighted by atomic mass is 9.96. The Bertz CT molecular complexity index is 323. The number of aromatic nitrogens is 2. The largest absolute Gasteiger partial charge is 0.394 e. The van der Waals surface area contributed by atoms with Crippen LogP contribution in [0.25, 0.3) is 0 Å². The van der Waals surface area contributed by atoms with E-state index in [1.165, 1.54) is 0 Å². The normalized spacial score (nSPS) is 14.4. The first-order chi connectivity index (χ1) is 8.70. The lowest BCUT2D eigenvalue weighted by molar-refractivity contribution is 0.165. The fourth-order valence-electron chi connectivity index (χ4n) is 1.81. The molecule has 0 aliphatic heterocycles.